The summed E-state index contributed by atoms with van der Waals surface area (Å²) in [5, 5.41) is 0. The van der Waals surface area contributed by atoms with Gasteiger partial charge in [0.1, 0.15) is 24.4 Å². The summed E-state index contributed by atoms with van der Waals surface area (Å²) in [4.78, 5) is 0. The smallest absolute Gasteiger partial charge is 0.164 e. The second-order valence-corrected chi connectivity index (χ2v) is 4.72. The van der Waals surface area contributed by atoms with E-state index in [1.54, 1.807) is 0 Å². The number of rotatable bonds is 0. The fraction of sp³-hybridized carbons (Fsp3) is 0.857. The summed E-state index contributed by atoms with van der Waals surface area (Å²) in [6.07, 6.45) is 6.13. The van der Waals surface area contributed by atoms with Gasteiger partial charge >= 0.3 is 0 Å². The molecule has 0 N–H and O–H groups in total. The van der Waals surface area contributed by atoms with Crippen LogP contribution in [-0.4, -0.2) is 30.2 Å². The first kappa shape index (κ1) is 14.7. The average Bonchev–Trinajstić information content (AvgIpc) is 2.99. The number of epoxide rings is 1. The van der Waals surface area contributed by atoms with Gasteiger partial charge in [0, 0.05) is 0 Å². The van der Waals surface area contributed by atoms with Crippen LogP contribution in [0.15, 0.2) is 12.2 Å². The van der Waals surface area contributed by atoms with Gasteiger partial charge in [-0.2, -0.15) is 0 Å². The van der Waals surface area contributed by atoms with Crippen LogP contribution in [0.2, 0.25) is 0 Å². The lowest BCUT2D eigenvalue weighted by Crippen LogP contribution is -2.30. The molecule has 3 heteroatoms. The highest BCUT2D eigenvalue weighted by molar-refractivity contribution is 5.18. The van der Waals surface area contributed by atoms with E-state index in [2.05, 4.69) is 19.9 Å². The van der Waals surface area contributed by atoms with Crippen molar-refractivity contribution in [2.24, 2.45) is 0 Å². The second kappa shape index (κ2) is 5.98. The van der Waals surface area contributed by atoms with Gasteiger partial charge in [0.05, 0.1) is 0 Å². The third-order valence-corrected chi connectivity index (χ3v) is 2.54. The standard InChI is InChI=1S/C9H12O3.C3H8.C2H6/c1-9(2)11-6-4-3-5-7(10-5)8(6)12-9;1-3-2;1-2/h3-8H,1-2H3;3H2,1-2H3;1-2H3/t5?,6-,7?,8-;;/m0../s1. The Morgan fingerprint density at radius 3 is 2.06 bits per heavy atom. The quantitative estimate of drug-likeness (QED) is 0.482. The highest BCUT2D eigenvalue weighted by Crippen LogP contribution is 2.42. The van der Waals surface area contributed by atoms with Crippen LogP contribution in [0.3, 0.4) is 0 Å². The minimum atomic E-state index is -0.444. The average molecular weight is 242 g/mol. The van der Waals surface area contributed by atoms with E-state index in [9.17, 15) is 0 Å². The third-order valence-electron chi connectivity index (χ3n) is 2.54. The molecule has 0 amide bonds. The zero-order chi connectivity index (χ0) is 13.1. The normalized spacial score (nSPS) is 38.9. The lowest BCUT2D eigenvalue weighted by molar-refractivity contribution is -0.144. The Morgan fingerprint density at radius 2 is 1.47 bits per heavy atom. The summed E-state index contributed by atoms with van der Waals surface area (Å²) in [6.45, 7) is 12.1. The molecule has 17 heavy (non-hydrogen) atoms. The minimum absolute atomic E-state index is 0.101. The predicted molar refractivity (Wildman–Crippen MR) is 68.9 cm³/mol. The van der Waals surface area contributed by atoms with Gasteiger partial charge in [0.25, 0.3) is 0 Å². The van der Waals surface area contributed by atoms with E-state index >= 15 is 0 Å². The van der Waals surface area contributed by atoms with E-state index < -0.39 is 5.79 Å². The Labute approximate surface area is 105 Å². The fourth-order valence-electron chi connectivity index (χ4n) is 1.99. The summed E-state index contributed by atoms with van der Waals surface area (Å²) >= 11 is 0. The molecule has 0 aromatic carbocycles. The molecule has 3 nitrogen and oxygen atoms in total. The molecule has 0 spiro atoms. The van der Waals surface area contributed by atoms with Gasteiger partial charge in [-0.05, 0) is 13.8 Å². The Bertz CT molecular complexity index is 260. The van der Waals surface area contributed by atoms with Crippen molar-refractivity contribution in [1.82, 2.24) is 0 Å². The summed E-state index contributed by atoms with van der Waals surface area (Å²) < 4.78 is 16.8. The summed E-state index contributed by atoms with van der Waals surface area (Å²) in [5.41, 5.74) is 0. The van der Waals surface area contributed by atoms with Crippen LogP contribution in [0.4, 0.5) is 0 Å². The highest BCUT2D eigenvalue weighted by atomic mass is 16.8. The lowest BCUT2D eigenvalue weighted by atomic mass is 10.0. The van der Waals surface area contributed by atoms with Crippen molar-refractivity contribution in [2.75, 3.05) is 0 Å². The summed E-state index contributed by atoms with van der Waals surface area (Å²) in [6, 6.07) is 0. The summed E-state index contributed by atoms with van der Waals surface area (Å²) in [7, 11) is 0. The number of ether oxygens (including phenoxy) is 3. The van der Waals surface area contributed by atoms with Crippen LogP contribution in [-0.2, 0) is 14.2 Å². The van der Waals surface area contributed by atoms with Crippen LogP contribution in [0.5, 0.6) is 0 Å². The molecule has 0 saturated carbocycles. The molecule has 2 saturated heterocycles. The van der Waals surface area contributed by atoms with Crippen LogP contribution >= 0.6 is 0 Å². The highest BCUT2D eigenvalue weighted by Gasteiger charge is 2.56. The molecule has 2 fully saturated rings. The molecule has 2 unspecified atom stereocenters. The Balaban J connectivity index is 0.000000256. The van der Waals surface area contributed by atoms with Gasteiger partial charge in [0.2, 0.25) is 0 Å². The Kier molecular flexibility index (Phi) is 5.17. The van der Waals surface area contributed by atoms with Gasteiger partial charge in [0.15, 0.2) is 5.79 Å². The van der Waals surface area contributed by atoms with E-state index in [-0.39, 0.29) is 18.3 Å². The van der Waals surface area contributed by atoms with Crippen molar-refractivity contribution in [3.05, 3.63) is 12.2 Å². The maximum Gasteiger partial charge on any atom is 0.164 e. The van der Waals surface area contributed by atoms with Crippen LogP contribution in [0, 0.1) is 0 Å². The molecular weight excluding hydrogens is 216 g/mol. The maximum absolute atomic E-state index is 5.71. The monoisotopic (exact) mass is 242 g/mol. The van der Waals surface area contributed by atoms with E-state index in [0.717, 1.165) is 0 Å². The molecule has 0 aromatic rings. The zero-order valence-electron chi connectivity index (χ0n) is 11.9. The molecule has 4 atom stereocenters. The van der Waals surface area contributed by atoms with Crippen molar-refractivity contribution < 1.29 is 14.2 Å². The molecular formula is C14H26O3. The van der Waals surface area contributed by atoms with Crippen LogP contribution < -0.4 is 0 Å². The number of hydrogen-bond donors (Lipinski definition) is 0. The van der Waals surface area contributed by atoms with Gasteiger partial charge in [-0.3, -0.25) is 0 Å². The molecule has 3 aliphatic rings. The minimum Gasteiger partial charge on any atom is -0.362 e. The molecule has 3 rings (SSSR count). The molecule has 100 valence electrons. The zero-order valence-corrected chi connectivity index (χ0v) is 11.9. The fourth-order valence-corrected chi connectivity index (χ4v) is 1.99. The second-order valence-electron chi connectivity index (χ2n) is 4.72. The molecule has 0 bridgehead atoms. The largest absolute Gasteiger partial charge is 0.362 e. The van der Waals surface area contributed by atoms with Gasteiger partial charge in [-0.15, -0.1) is 0 Å². The first-order valence-electron chi connectivity index (χ1n) is 6.77. The summed E-state index contributed by atoms with van der Waals surface area (Å²) in [5.74, 6) is -0.444. The predicted octanol–water partition coefficient (Wildman–Crippen LogP) is 3.29. The van der Waals surface area contributed by atoms with E-state index in [1.807, 2.05) is 33.8 Å². The molecule has 0 aromatic heterocycles. The first-order chi connectivity index (χ1) is 8.07. The van der Waals surface area contributed by atoms with Crippen molar-refractivity contribution in [3.8, 4) is 0 Å². The number of fused-ring (bicyclic) bond motifs is 3. The van der Waals surface area contributed by atoms with E-state index in [0.29, 0.717) is 6.10 Å². The maximum atomic E-state index is 5.71. The van der Waals surface area contributed by atoms with Gasteiger partial charge < -0.3 is 14.2 Å². The topological polar surface area (TPSA) is 31.0 Å². The van der Waals surface area contributed by atoms with Crippen LogP contribution in [0.1, 0.15) is 48.0 Å². The third kappa shape index (κ3) is 3.54. The van der Waals surface area contributed by atoms with E-state index in [4.69, 9.17) is 14.2 Å². The van der Waals surface area contributed by atoms with Crippen molar-refractivity contribution in [3.63, 3.8) is 0 Å². The molecule has 2 heterocycles. The van der Waals surface area contributed by atoms with Crippen LogP contribution in [0.25, 0.3) is 0 Å². The van der Waals surface area contributed by atoms with Crippen molar-refractivity contribution in [1.29, 1.82) is 0 Å². The Hall–Kier alpha value is -0.380. The van der Waals surface area contributed by atoms with Crippen molar-refractivity contribution in [2.45, 2.75) is 78.2 Å². The number of hydrogen-bond acceptors (Lipinski definition) is 3. The first-order valence-corrected chi connectivity index (χ1v) is 6.77. The van der Waals surface area contributed by atoms with Gasteiger partial charge in [-0.25, -0.2) is 0 Å². The molecule has 2 aliphatic heterocycles. The van der Waals surface area contributed by atoms with Crippen molar-refractivity contribution >= 4 is 0 Å². The Morgan fingerprint density at radius 1 is 0.941 bits per heavy atom. The lowest BCUT2D eigenvalue weighted by Gasteiger charge is -2.15. The van der Waals surface area contributed by atoms with Gasteiger partial charge in [-0.1, -0.05) is 46.3 Å². The molecule has 0 radical (unpaired) electrons. The SMILES string of the molecule is CC.CC1(C)O[C@H]2C=CC3OC3[C@H]2O1.CCC. The van der Waals surface area contributed by atoms with E-state index in [1.165, 1.54) is 6.42 Å². The molecule has 1 aliphatic carbocycles.